The first kappa shape index (κ1) is 49.7. The molecular weight excluding hydrogens is 671 g/mol. The number of hydrogen-bond donors (Lipinski definition) is 3. The molecule has 0 aliphatic rings. The van der Waals surface area contributed by atoms with E-state index in [1.54, 1.807) is 0 Å². The maximum absolute atomic E-state index is 12.6. The van der Waals surface area contributed by atoms with Crippen LogP contribution in [0, 0.1) is 0 Å². The highest BCUT2D eigenvalue weighted by Crippen LogP contribution is 2.43. The lowest BCUT2D eigenvalue weighted by atomic mass is 10.0. The van der Waals surface area contributed by atoms with Crippen molar-refractivity contribution in [3.8, 4) is 0 Å². The van der Waals surface area contributed by atoms with Crippen molar-refractivity contribution in [3.05, 3.63) is 12.2 Å². The van der Waals surface area contributed by atoms with Crippen LogP contribution in [-0.2, 0) is 32.7 Å². The number of ether oxygens (including phenoxy) is 2. The van der Waals surface area contributed by atoms with Crippen molar-refractivity contribution in [2.45, 2.75) is 206 Å². The Labute approximate surface area is 311 Å². The SMILES string of the molecule is CCCCCCCC/C=C\CCCCCCCC(=O)OC(COC(=O)CCCCCCCCCCCCCCC)COP(=O)(O)OCC(O)CO. The van der Waals surface area contributed by atoms with Crippen LogP contribution in [0.2, 0.25) is 0 Å². The number of phosphoric ester groups is 1. The molecule has 0 saturated heterocycles. The van der Waals surface area contributed by atoms with Crippen LogP contribution in [-0.4, -0.2) is 65.7 Å². The Balaban J connectivity index is 4.32. The summed E-state index contributed by atoms with van der Waals surface area (Å²) in [5.74, 6) is -0.927. The van der Waals surface area contributed by atoms with Crippen molar-refractivity contribution in [3.63, 3.8) is 0 Å². The molecule has 0 spiro atoms. The lowest BCUT2D eigenvalue weighted by molar-refractivity contribution is -0.161. The van der Waals surface area contributed by atoms with E-state index in [4.69, 9.17) is 19.1 Å². The Morgan fingerprint density at radius 1 is 0.569 bits per heavy atom. The molecule has 0 heterocycles. The fourth-order valence-corrected chi connectivity index (χ4v) is 6.48. The van der Waals surface area contributed by atoms with Gasteiger partial charge in [0.05, 0.1) is 19.8 Å². The van der Waals surface area contributed by atoms with Crippen LogP contribution in [0.25, 0.3) is 0 Å². The van der Waals surface area contributed by atoms with Crippen molar-refractivity contribution in [1.29, 1.82) is 0 Å². The van der Waals surface area contributed by atoms with E-state index in [0.29, 0.717) is 12.8 Å². The summed E-state index contributed by atoms with van der Waals surface area (Å²) in [5.41, 5.74) is 0. The third-order valence-corrected chi connectivity index (χ3v) is 9.87. The van der Waals surface area contributed by atoms with Crippen LogP contribution in [0.3, 0.4) is 0 Å². The van der Waals surface area contributed by atoms with E-state index in [-0.39, 0.29) is 19.4 Å². The standard InChI is InChI=1S/C40H77O10P/c1-3-5-7-9-11-13-15-17-18-20-22-24-26-28-30-32-40(44)50-38(36-49-51(45,46)48-34-37(42)33-41)35-47-39(43)31-29-27-25-23-21-19-16-14-12-10-8-6-4-2/h17-18,37-38,41-42H,3-16,19-36H2,1-2H3,(H,45,46)/b18-17-. The molecule has 0 bridgehead atoms. The van der Waals surface area contributed by atoms with Gasteiger partial charge in [0.15, 0.2) is 6.10 Å². The second-order valence-corrected chi connectivity index (χ2v) is 15.5. The summed E-state index contributed by atoms with van der Waals surface area (Å²) in [4.78, 5) is 34.9. The Morgan fingerprint density at radius 2 is 0.961 bits per heavy atom. The van der Waals surface area contributed by atoms with Gasteiger partial charge in [0.1, 0.15) is 12.7 Å². The summed E-state index contributed by atoms with van der Waals surface area (Å²) in [5, 5.41) is 18.3. The summed E-state index contributed by atoms with van der Waals surface area (Å²) >= 11 is 0. The van der Waals surface area contributed by atoms with E-state index < -0.39 is 51.8 Å². The van der Waals surface area contributed by atoms with Crippen LogP contribution in [0.4, 0.5) is 0 Å². The number of carbonyl (C=O) groups is 2. The van der Waals surface area contributed by atoms with Gasteiger partial charge in [0, 0.05) is 12.8 Å². The number of carbonyl (C=O) groups excluding carboxylic acids is 2. The molecule has 0 amide bonds. The van der Waals surface area contributed by atoms with Crippen molar-refractivity contribution in [1.82, 2.24) is 0 Å². The van der Waals surface area contributed by atoms with E-state index in [1.807, 2.05) is 0 Å². The minimum atomic E-state index is -4.61. The molecule has 3 atom stereocenters. The molecule has 0 aromatic carbocycles. The highest BCUT2D eigenvalue weighted by molar-refractivity contribution is 7.47. The first-order chi connectivity index (χ1) is 24.7. The van der Waals surface area contributed by atoms with Crippen molar-refractivity contribution in [2.75, 3.05) is 26.4 Å². The lowest BCUT2D eigenvalue weighted by Gasteiger charge is -2.20. The molecule has 0 aromatic rings. The highest BCUT2D eigenvalue weighted by Gasteiger charge is 2.27. The predicted octanol–water partition coefficient (Wildman–Crippen LogP) is 10.4. The molecule has 0 aliphatic heterocycles. The molecule has 3 unspecified atom stereocenters. The first-order valence-electron chi connectivity index (χ1n) is 20.6. The Kier molecular flexibility index (Phi) is 36.1. The van der Waals surface area contributed by atoms with E-state index in [9.17, 15) is 24.2 Å². The van der Waals surface area contributed by atoms with Crippen LogP contribution in [0.1, 0.15) is 194 Å². The van der Waals surface area contributed by atoms with Gasteiger partial charge in [-0.25, -0.2) is 4.57 Å². The highest BCUT2D eigenvalue weighted by atomic mass is 31.2. The predicted molar refractivity (Wildman–Crippen MR) is 205 cm³/mol. The smallest absolute Gasteiger partial charge is 0.462 e. The zero-order chi connectivity index (χ0) is 37.7. The maximum atomic E-state index is 12.6. The van der Waals surface area contributed by atoms with E-state index >= 15 is 0 Å². The molecule has 0 fully saturated rings. The summed E-state index contributed by atoms with van der Waals surface area (Å²) in [6.07, 6.45) is 33.2. The van der Waals surface area contributed by atoms with Gasteiger partial charge >= 0.3 is 19.8 Å². The normalized spacial score (nSPS) is 14.1. The summed E-state index contributed by atoms with van der Waals surface area (Å²) in [6, 6.07) is 0. The Morgan fingerprint density at radius 3 is 1.41 bits per heavy atom. The zero-order valence-corrected chi connectivity index (χ0v) is 33.5. The molecule has 51 heavy (non-hydrogen) atoms. The van der Waals surface area contributed by atoms with Gasteiger partial charge in [-0.1, -0.05) is 154 Å². The van der Waals surface area contributed by atoms with Gasteiger partial charge in [-0.2, -0.15) is 0 Å². The number of aliphatic hydroxyl groups is 2. The van der Waals surface area contributed by atoms with Gasteiger partial charge in [0.25, 0.3) is 0 Å². The third kappa shape index (κ3) is 36.8. The second kappa shape index (κ2) is 37.0. The Hall–Kier alpha value is -1.29. The number of phosphoric acid groups is 1. The van der Waals surface area contributed by atoms with Crippen LogP contribution in [0.15, 0.2) is 12.2 Å². The largest absolute Gasteiger partial charge is 0.472 e. The first-order valence-corrected chi connectivity index (χ1v) is 22.1. The third-order valence-electron chi connectivity index (χ3n) is 8.92. The minimum Gasteiger partial charge on any atom is -0.462 e. The molecule has 0 rings (SSSR count). The fourth-order valence-electron chi connectivity index (χ4n) is 5.69. The van der Waals surface area contributed by atoms with E-state index in [0.717, 1.165) is 57.8 Å². The summed E-state index contributed by atoms with van der Waals surface area (Å²) in [7, 11) is -4.61. The number of rotatable bonds is 39. The number of allylic oxidation sites excluding steroid dienone is 2. The monoisotopic (exact) mass is 749 g/mol. The molecule has 10 nitrogen and oxygen atoms in total. The van der Waals surface area contributed by atoms with E-state index in [2.05, 4.69) is 30.5 Å². The van der Waals surface area contributed by atoms with Gasteiger partial charge in [-0.3, -0.25) is 18.6 Å². The maximum Gasteiger partial charge on any atom is 0.472 e. The quantitative estimate of drug-likeness (QED) is 0.0240. The molecule has 11 heteroatoms. The molecule has 0 aliphatic carbocycles. The van der Waals surface area contributed by atoms with Gasteiger partial charge < -0.3 is 24.6 Å². The van der Waals surface area contributed by atoms with Gasteiger partial charge in [-0.05, 0) is 38.5 Å². The zero-order valence-electron chi connectivity index (χ0n) is 32.6. The van der Waals surface area contributed by atoms with E-state index in [1.165, 1.54) is 96.3 Å². The average molecular weight is 749 g/mol. The molecule has 0 saturated carbocycles. The van der Waals surface area contributed by atoms with Crippen LogP contribution >= 0.6 is 7.82 Å². The summed E-state index contributed by atoms with van der Waals surface area (Å²) in [6.45, 7) is 2.37. The summed E-state index contributed by atoms with van der Waals surface area (Å²) < 4.78 is 32.6. The molecular formula is C40H77O10P. The fraction of sp³-hybridized carbons (Fsp3) is 0.900. The second-order valence-electron chi connectivity index (χ2n) is 14.0. The molecule has 0 aromatic heterocycles. The topological polar surface area (TPSA) is 149 Å². The minimum absolute atomic E-state index is 0.178. The van der Waals surface area contributed by atoms with Gasteiger partial charge in [-0.15, -0.1) is 0 Å². The molecule has 3 N–H and O–H groups in total. The lowest BCUT2D eigenvalue weighted by Crippen LogP contribution is -2.29. The Bertz CT molecular complexity index is 868. The molecule has 302 valence electrons. The number of hydrogen-bond acceptors (Lipinski definition) is 9. The van der Waals surface area contributed by atoms with Crippen molar-refractivity contribution in [2.24, 2.45) is 0 Å². The average Bonchev–Trinajstić information content (AvgIpc) is 3.12. The number of unbranched alkanes of at least 4 members (excludes halogenated alkanes) is 23. The number of esters is 2. The molecule has 0 radical (unpaired) electrons. The van der Waals surface area contributed by atoms with Gasteiger partial charge in [0.2, 0.25) is 0 Å². The van der Waals surface area contributed by atoms with Crippen LogP contribution < -0.4 is 0 Å². The van der Waals surface area contributed by atoms with Crippen LogP contribution in [0.5, 0.6) is 0 Å². The van der Waals surface area contributed by atoms with Crippen molar-refractivity contribution >= 4 is 19.8 Å². The van der Waals surface area contributed by atoms with Crippen molar-refractivity contribution < 1.29 is 47.8 Å². The number of aliphatic hydroxyl groups excluding tert-OH is 2.